The van der Waals surface area contributed by atoms with Crippen LogP contribution in [0.4, 0.5) is 11.6 Å². The van der Waals surface area contributed by atoms with E-state index in [-0.39, 0.29) is 4.90 Å². The third-order valence-electron chi connectivity index (χ3n) is 6.16. The second kappa shape index (κ2) is 9.67. The predicted molar refractivity (Wildman–Crippen MR) is 137 cm³/mol. The van der Waals surface area contributed by atoms with Gasteiger partial charge in [0.15, 0.2) is 0 Å². The highest BCUT2D eigenvalue weighted by molar-refractivity contribution is 7.89. The lowest BCUT2D eigenvalue weighted by atomic mass is 10.0. The summed E-state index contributed by atoms with van der Waals surface area (Å²) in [6.45, 7) is 5.13. The summed E-state index contributed by atoms with van der Waals surface area (Å²) < 4.78 is 23.0. The first-order chi connectivity index (χ1) is 16.8. The molecule has 9 nitrogen and oxygen atoms in total. The van der Waals surface area contributed by atoms with Crippen molar-refractivity contribution in [2.45, 2.75) is 11.4 Å². The second-order valence-electron chi connectivity index (χ2n) is 8.79. The molecule has 180 valence electrons. The van der Waals surface area contributed by atoms with Crippen molar-refractivity contribution >= 4 is 32.6 Å². The number of hydrogen-bond donors (Lipinski definition) is 2. The fourth-order valence-electron chi connectivity index (χ4n) is 4.19. The molecular weight excluding hydrogens is 462 g/mol. The third-order valence-corrected chi connectivity index (χ3v) is 7.09. The van der Waals surface area contributed by atoms with Crippen LogP contribution >= 0.6 is 0 Å². The van der Waals surface area contributed by atoms with Gasteiger partial charge in [0.2, 0.25) is 16.0 Å². The molecule has 4 aromatic rings. The summed E-state index contributed by atoms with van der Waals surface area (Å²) >= 11 is 0. The number of sulfonamides is 1. The van der Waals surface area contributed by atoms with Gasteiger partial charge in [0, 0.05) is 73.5 Å². The molecule has 0 saturated carbocycles. The summed E-state index contributed by atoms with van der Waals surface area (Å²) in [6.07, 6.45) is 5.57. The molecule has 10 heteroatoms. The number of nitrogens with one attached hydrogen (secondary N) is 1. The van der Waals surface area contributed by atoms with Crippen LogP contribution in [0.5, 0.6) is 0 Å². The Morgan fingerprint density at radius 1 is 1.00 bits per heavy atom. The molecule has 1 aliphatic rings. The molecule has 0 aliphatic carbocycles. The molecule has 0 bridgehead atoms. The van der Waals surface area contributed by atoms with Crippen LogP contribution in [-0.4, -0.2) is 66.4 Å². The highest BCUT2D eigenvalue weighted by Gasteiger charge is 2.15. The van der Waals surface area contributed by atoms with Crippen molar-refractivity contribution < 1.29 is 8.42 Å². The largest absolute Gasteiger partial charge is 0.324 e. The van der Waals surface area contributed by atoms with E-state index in [9.17, 15) is 8.42 Å². The van der Waals surface area contributed by atoms with Gasteiger partial charge in [-0.1, -0.05) is 18.2 Å². The first-order valence-electron chi connectivity index (χ1n) is 11.4. The maximum absolute atomic E-state index is 11.5. The van der Waals surface area contributed by atoms with E-state index in [0.717, 1.165) is 54.8 Å². The minimum absolute atomic E-state index is 0.0497. The average Bonchev–Trinajstić information content (AvgIpc) is 2.85. The minimum atomic E-state index is -3.74. The van der Waals surface area contributed by atoms with Crippen LogP contribution < -0.4 is 10.5 Å². The standard InChI is InChI=1S/C25H27N7O2S/c1-31-9-11-32(12-10-31)17-18-13-20(15-27-14-18)23-4-2-3-19-16-28-25(30-24(19)23)29-21-5-7-22(8-6-21)35(26,33)34/h2-8,13-16H,9-12,17H2,1H3,(H2,26,33,34)(H,28,29,30). The molecule has 3 N–H and O–H groups in total. The van der Waals surface area contributed by atoms with Gasteiger partial charge in [0.1, 0.15) is 0 Å². The van der Waals surface area contributed by atoms with Gasteiger partial charge in [-0.05, 0) is 42.9 Å². The molecule has 1 aliphatic heterocycles. The van der Waals surface area contributed by atoms with Gasteiger partial charge < -0.3 is 10.2 Å². The Balaban J connectivity index is 1.42. The monoisotopic (exact) mass is 489 g/mol. The van der Waals surface area contributed by atoms with Crippen molar-refractivity contribution in [1.82, 2.24) is 24.8 Å². The number of nitrogens with zero attached hydrogens (tertiary/aromatic N) is 5. The number of para-hydroxylation sites is 1. The van der Waals surface area contributed by atoms with Crippen LogP contribution in [0.1, 0.15) is 5.56 Å². The minimum Gasteiger partial charge on any atom is -0.324 e. The molecule has 0 atom stereocenters. The first kappa shape index (κ1) is 23.3. The Morgan fingerprint density at radius 2 is 1.77 bits per heavy atom. The zero-order chi connectivity index (χ0) is 24.4. The molecule has 3 heterocycles. The highest BCUT2D eigenvalue weighted by atomic mass is 32.2. The van der Waals surface area contributed by atoms with E-state index in [0.29, 0.717) is 11.6 Å². The van der Waals surface area contributed by atoms with Gasteiger partial charge in [0.05, 0.1) is 10.4 Å². The van der Waals surface area contributed by atoms with Gasteiger partial charge >= 0.3 is 0 Å². The Hall–Kier alpha value is -3.44. The zero-order valence-electron chi connectivity index (χ0n) is 19.4. The van der Waals surface area contributed by atoms with E-state index in [4.69, 9.17) is 10.1 Å². The fraction of sp³-hybridized carbons (Fsp3) is 0.240. The predicted octanol–water partition coefficient (Wildman–Crippen LogP) is 2.83. The molecule has 1 saturated heterocycles. The number of rotatable bonds is 6. The van der Waals surface area contributed by atoms with E-state index in [1.165, 1.54) is 17.7 Å². The lowest BCUT2D eigenvalue weighted by Crippen LogP contribution is -2.43. The smallest absolute Gasteiger partial charge is 0.238 e. The number of benzene rings is 2. The van der Waals surface area contributed by atoms with Crippen molar-refractivity contribution in [3.8, 4) is 11.1 Å². The lowest BCUT2D eigenvalue weighted by molar-refractivity contribution is 0.148. The Bertz CT molecular complexity index is 1450. The molecule has 0 unspecified atom stereocenters. The van der Waals surface area contributed by atoms with Gasteiger partial charge in [-0.2, -0.15) is 0 Å². The summed E-state index contributed by atoms with van der Waals surface area (Å²) in [4.78, 5) is 18.5. The number of primary sulfonamides is 1. The summed E-state index contributed by atoms with van der Waals surface area (Å²) in [5, 5.41) is 9.24. The van der Waals surface area contributed by atoms with Crippen LogP contribution in [0.15, 0.2) is 72.0 Å². The number of fused-ring (bicyclic) bond motifs is 1. The number of nitrogens with two attached hydrogens (primary N) is 1. The number of pyridine rings is 1. The van der Waals surface area contributed by atoms with Crippen molar-refractivity contribution in [3.05, 3.63) is 72.7 Å². The number of anilines is 2. The summed E-state index contributed by atoms with van der Waals surface area (Å²) in [5.41, 5.74) is 4.62. The van der Waals surface area contributed by atoms with E-state index < -0.39 is 10.0 Å². The van der Waals surface area contributed by atoms with Gasteiger partial charge in [-0.15, -0.1) is 0 Å². The second-order valence-corrected chi connectivity index (χ2v) is 10.4. The zero-order valence-corrected chi connectivity index (χ0v) is 20.2. The van der Waals surface area contributed by atoms with Crippen LogP contribution in [-0.2, 0) is 16.6 Å². The quantitative estimate of drug-likeness (QED) is 0.425. The molecule has 0 spiro atoms. The maximum Gasteiger partial charge on any atom is 0.238 e. The first-order valence-corrected chi connectivity index (χ1v) is 12.9. The molecule has 1 fully saturated rings. The Kier molecular flexibility index (Phi) is 6.44. The van der Waals surface area contributed by atoms with Crippen LogP contribution in [0.2, 0.25) is 0 Å². The van der Waals surface area contributed by atoms with Crippen LogP contribution in [0, 0.1) is 0 Å². The van der Waals surface area contributed by atoms with Gasteiger partial charge in [-0.3, -0.25) is 9.88 Å². The van der Waals surface area contributed by atoms with Crippen molar-refractivity contribution in [2.24, 2.45) is 5.14 Å². The summed E-state index contributed by atoms with van der Waals surface area (Å²) in [5.74, 6) is 0.412. The molecule has 2 aromatic heterocycles. The Morgan fingerprint density at radius 3 is 2.51 bits per heavy atom. The van der Waals surface area contributed by atoms with E-state index in [1.54, 1.807) is 18.3 Å². The van der Waals surface area contributed by atoms with E-state index >= 15 is 0 Å². The molecule has 5 rings (SSSR count). The summed E-state index contributed by atoms with van der Waals surface area (Å²) in [7, 11) is -1.59. The summed E-state index contributed by atoms with van der Waals surface area (Å²) in [6, 6.07) is 14.3. The van der Waals surface area contributed by atoms with Crippen molar-refractivity contribution in [3.63, 3.8) is 0 Å². The van der Waals surface area contributed by atoms with Crippen LogP contribution in [0.3, 0.4) is 0 Å². The fourth-order valence-corrected chi connectivity index (χ4v) is 4.71. The normalized spacial score (nSPS) is 15.4. The van der Waals surface area contributed by atoms with E-state index in [1.807, 2.05) is 30.6 Å². The SMILES string of the molecule is CN1CCN(Cc2cncc(-c3cccc4cnc(Nc5ccc(S(N)(=O)=O)cc5)nc34)c2)CC1. The van der Waals surface area contributed by atoms with E-state index in [2.05, 4.69) is 38.2 Å². The molecule has 35 heavy (non-hydrogen) atoms. The van der Waals surface area contributed by atoms with Gasteiger partial charge in [0.25, 0.3) is 0 Å². The average molecular weight is 490 g/mol. The van der Waals surface area contributed by atoms with Gasteiger partial charge in [-0.25, -0.2) is 23.5 Å². The number of likely N-dealkylation sites (N-methyl/N-ethyl adjacent to an activating group) is 1. The molecule has 0 radical (unpaired) electrons. The maximum atomic E-state index is 11.5. The van der Waals surface area contributed by atoms with Crippen molar-refractivity contribution in [2.75, 3.05) is 38.5 Å². The number of piperazine rings is 1. The molecule has 0 amide bonds. The lowest BCUT2D eigenvalue weighted by Gasteiger charge is -2.32. The van der Waals surface area contributed by atoms with Crippen molar-refractivity contribution in [1.29, 1.82) is 0 Å². The highest BCUT2D eigenvalue weighted by Crippen LogP contribution is 2.28. The topological polar surface area (TPSA) is 117 Å². The number of hydrogen-bond acceptors (Lipinski definition) is 8. The third kappa shape index (κ3) is 5.46. The Labute approximate surface area is 204 Å². The molecule has 2 aromatic carbocycles. The van der Waals surface area contributed by atoms with Crippen LogP contribution in [0.25, 0.3) is 22.0 Å². The number of aromatic nitrogens is 3. The molecular formula is C25H27N7O2S.